The Hall–Kier alpha value is -2.94. The molecule has 9 heteroatoms. The maximum absolute atomic E-state index is 12.7. The third-order valence-electron chi connectivity index (χ3n) is 5.41. The predicted molar refractivity (Wildman–Crippen MR) is 122 cm³/mol. The first-order valence-electron chi connectivity index (χ1n) is 10.9. The summed E-state index contributed by atoms with van der Waals surface area (Å²) in [7, 11) is 0. The molecular weight excluding hydrogens is 412 g/mol. The van der Waals surface area contributed by atoms with Crippen molar-refractivity contribution in [3.8, 4) is 0 Å². The molecule has 0 aliphatic heterocycles. The van der Waals surface area contributed by atoms with Gasteiger partial charge < -0.3 is 26.8 Å². The van der Waals surface area contributed by atoms with Crippen molar-refractivity contribution in [2.24, 2.45) is 17.6 Å². The zero-order valence-electron chi connectivity index (χ0n) is 19.4. The molecule has 0 radical (unpaired) electrons. The molecule has 5 atom stereocenters. The van der Waals surface area contributed by atoms with E-state index in [0.717, 1.165) is 5.56 Å². The van der Waals surface area contributed by atoms with Crippen LogP contribution in [0.1, 0.15) is 46.6 Å². The van der Waals surface area contributed by atoms with E-state index < -0.39 is 47.9 Å². The molecule has 9 nitrogen and oxygen atoms in total. The van der Waals surface area contributed by atoms with Gasteiger partial charge in [-0.15, -0.1) is 0 Å². The van der Waals surface area contributed by atoms with Crippen molar-refractivity contribution in [2.45, 2.75) is 71.6 Å². The Labute approximate surface area is 189 Å². The van der Waals surface area contributed by atoms with Gasteiger partial charge in [-0.3, -0.25) is 14.4 Å². The summed E-state index contributed by atoms with van der Waals surface area (Å²) in [6.45, 7) is 8.54. The fourth-order valence-corrected chi connectivity index (χ4v) is 3.09. The van der Waals surface area contributed by atoms with E-state index >= 15 is 0 Å². The number of nitrogens with one attached hydrogen (secondary N) is 3. The smallest absolute Gasteiger partial charge is 0.326 e. The summed E-state index contributed by atoms with van der Waals surface area (Å²) in [5.41, 5.74) is 6.86. The van der Waals surface area contributed by atoms with Crippen molar-refractivity contribution in [3.05, 3.63) is 35.9 Å². The molecule has 0 bridgehead atoms. The van der Waals surface area contributed by atoms with Crippen LogP contribution in [0.2, 0.25) is 0 Å². The van der Waals surface area contributed by atoms with Crippen LogP contribution in [-0.2, 0) is 25.6 Å². The Balaban J connectivity index is 2.73. The van der Waals surface area contributed by atoms with Gasteiger partial charge in [0.25, 0.3) is 0 Å². The van der Waals surface area contributed by atoms with Crippen LogP contribution in [-0.4, -0.2) is 53.0 Å². The maximum atomic E-state index is 12.7. The second-order valence-electron chi connectivity index (χ2n) is 8.47. The lowest BCUT2D eigenvalue weighted by atomic mass is 9.97. The van der Waals surface area contributed by atoms with Crippen molar-refractivity contribution < 1.29 is 24.3 Å². The van der Waals surface area contributed by atoms with Gasteiger partial charge in [-0.05, 0) is 30.7 Å². The Morgan fingerprint density at radius 1 is 0.875 bits per heavy atom. The number of benzene rings is 1. The van der Waals surface area contributed by atoms with E-state index in [0.29, 0.717) is 12.8 Å². The average molecular weight is 449 g/mol. The van der Waals surface area contributed by atoms with Crippen molar-refractivity contribution in [3.63, 3.8) is 0 Å². The third kappa shape index (κ3) is 8.30. The molecule has 1 aromatic carbocycles. The Morgan fingerprint density at radius 3 is 1.94 bits per heavy atom. The van der Waals surface area contributed by atoms with Crippen LogP contribution in [0.5, 0.6) is 0 Å². The molecule has 0 saturated carbocycles. The number of aliphatic carboxylic acids is 1. The molecule has 1 rings (SSSR count). The molecule has 5 unspecified atom stereocenters. The monoisotopic (exact) mass is 448 g/mol. The summed E-state index contributed by atoms with van der Waals surface area (Å²) in [4.78, 5) is 49.2. The van der Waals surface area contributed by atoms with Gasteiger partial charge in [0, 0.05) is 0 Å². The molecule has 0 spiro atoms. The maximum Gasteiger partial charge on any atom is 0.326 e. The molecule has 1 aromatic rings. The lowest BCUT2D eigenvalue weighted by Gasteiger charge is -2.27. The van der Waals surface area contributed by atoms with Crippen LogP contribution in [0.4, 0.5) is 0 Å². The van der Waals surface area contributed by atoms with Crippen molar-refractivity contribution in [1.82, 2.24) is 16.0 Å². The number of rotatable bonds is 12. The lowest BCUT2D eigenvalue weighted by molar-refractivity contribution is -0.144. The number of carboxylic acids is 1. The minimum Gasteiger partial charge on any atom is -0.480 e. The number of carbonyl (C=O) groups is 4. The SMILES string of the molecule is CCC(C)C(NC(=O)C(NC(=O)C(C)NC(=O)C(N)Cc1ccccc1)C(C)C)C(=O)O. The van der Waals surface area contributed by atoms with Crippen LogP contribution in [0, 0.1) is 11.8 Å². The lowest BCUT2D eigenvalue weighted by Crippen LogP contribution is -2.58. The normalized spacial score (nSPS) is 15.7. The van der Waals surface area contributed by atoms with Gasteiger partial charge in [0.05, 0.1) is 6.04 Å². The summed E-state index contributed by atoms with van der Waals surface area (Å²) in [6, 6.07) is 5.52. The summed E-state index contributed by atoms with van der Waals surface area (Å²) in [5.74, 6) is -3.33. The summed E-state index contributed by atoms with van der Waals surface area (Å²) < 4.78 is 0. The van der Waals surface area contributed by atoms with Crippen LogP contribution in [0.25, 0.3) is 0 Å². The first-order valence-corrected chi connectivity index (χ1v) is 10.9. The third-order valence-corrected chi connectivity index (χ3v) is 5.41. The van der Waals surface area contributed by atoms with Gasteiger partial charge in [-0.25, -0.2) is 4.79 Å². The van der Waals surface area contributed by atoms with E-state index in [4.69, 9.17) is 5.73 Å². The van der Waals surface area contributed by atoms with Crippen molar-refractivity contribution in [2.75, 3.05) is 0 Å². The van der Waals surface area contributed by atoms with Crippen LogP contribution >= 0.6 is 0 Å². The molecular formula is C23H36N4O5. The number of nitrogens with two attached hydrogens (primary N) is 1. The van der Waals surface area contributed by atoms with Gasteiger partial charge in [0.15, 0.2) is 0 Å². The molecule has 3 amide bonds. The largest absolute Gasteiger partial charge is 0.480 e. The zero-order chi connectivity index (χ0) is 24.4. The highest BCUT2D eigenvalue weighted by Crippen LogP contribution is 2.10. The Morgan fingerprint density at radius 2 is 1.44 bits per heavy atom. The highest BCUT2D eigenvalue weighted by molar-refractivity contribution is 5.94. The number of hydrogen-bond donors (Lipinski definition) is 5. The number of hydrogen-bond acceptors (Lipinski definition) is 5. The molecule has 0 fully saturated rings. The standard InChI is InChI=1S/C23H36N4O5/c1-6-14(4)19(23(31)32)27-22(30)18(13(2)3)26-20(28)15(5)25-21(29)17(24)12-16-10-8-7-9-11-16/h7-11,13-15,17-19H,6,12,24H2,1-5H3,(H,25,29)(H,26,28)(H,27,30)(H,31,32). The fraction of sp³-hybridized carbons (Fsp3) is 0.565. The van der Waals surface area contributed by atoms with E-state index in [-0.39, 0.29) is 11.8 Å². The van der Waals surface area contributed by atoms with Crippen LogP contribution in [0.3, 0.4) is 0 Å². The van der Waals surface area contributed by atoms with E-state index in [9.17, 15) is 24.3 Å². The van der Waals surface area contributed by atoms with Crippen LogP contribution in [0.15, 0.2) is 30.3 Å². The van der Waals surface area contributed by atoms with Crippen molar-refractivity contribution >= 4 is 23.7 Å². The molecule has 0 aliphatic rings. The molecule has 0 saturated heterocycles. The fourth-order valence-electron chi connectivity index (χ4n) is 3.09. The molecule has 32 heavy (non-hydrogen) atoms. The van der Waals surface area contributed by atoms with Gasteiger partial charge in [0.1, 0.15) is 18.1 Å². The summed E-state index contributed by atoms with van der Waals surface area (Å²) in [5, 5.41) is 17.1. The van der Waals surface area contributed by atoms with Gasteiger partial charge >= 0.3 is 5.97 Å². The minimum absolute atomic E-state index is 0.274. The predicted octanol–water partition coefficient (Wildman–Crippen LogP) is 0.817. The van der Waals surface area contributed by atoms with E-state index in [2.05, 4.69) is 16.0 Å². The first kappa shape index (κ1) is 27.1. The first-order chi connectivity index (χ1) is 15.0. The zero-order valence-corrected chi connectivity index (χ0v) is 19.4. The quantitative estimate of drug-likeness (QED) is 0.319. The molecule has 0 heterocycles. The highest BCUT2D eigenvalue weighted by atomic mass is 16.4. The van der Waals surface area contributed by atoms with Crippen molar-refractivity contribution in [1.29, 1.82) is 0 Å². The van der Waals surface area contributed by atoms with Gasteiger partial charge in [-0.1, -0.05) is 64.4 Å². The molecule has 6 N–H and O–H groups in total. The van der Waals surface area contributed by atoms with E-state index in [1.807, 2.05) is 37.3 Å². The topological polar surface area (TPSA) is 151 Å². The summed E-state index contributed by atoms with van der Waals surface area (Å²) >= 11 is 0. The number of amides is 3. The average Bonchev–Trinajstić information content (AvgIpc) is 2.74. The molecule has 0 aliphatic carbocycles. The number of carbonyl (C=O) groups excluding carboxylic acids is 3. The highest BCUT2D eigenvalue weighted by Gasteiger charge is 2.32. The number of carboxylic acid groups (broad SMARTS) is 1. The molecule has 178 valence electrons. The molecule has 0 aromatic heterocycles. The van der Waals surface area contributed by atoms with Gasteiger partial charge in [-0.2, -0.15) is 0 Å². The van der Waals surface area contributed by atoms with Crippen LogP contribution < -0.4 is 21.7 Å². The Bertz CT molecular complexity index is 784. The Kier molecular flexibility index (Phi) is 10.8. The second-order valence-corrected chi connectivity index (χ2v) is 8.47. The second kappa shape index (κ2) is 12.8. The summed E-state index contributed by atoms with van der Waals surface area (Å²) in [6.07, 6.45) is 0.895. The minimum atomic E-state index is -1.13. The van der Waals surface area contributed by atoms with E-state index in [1.165, 1.54) is 6.92 Å². The van der Waals surface area contributed by atoms with E-state index in [1.54, 1.807) is 20.8 Å². The van der Waals surface area contributed by atoms with Gasteiger partial charge in [0.2, 0.25) is 17.7 Å².